The number of nitrogens with one attached hydrogen (secondary N) is 1. The van der Waals surface area contributed by atoms with E-state index >= 15 is 0 Å². The fourth-order valence-corrected chi connectivity index (χ4v) is 1.78. The van der Waals surface area contributed by atoms with Gasteiger partial charge in [0.15, 0.2) is 0 Å². The van der Waals surface area contributed by atoms with Gasteiger partial charge in [0.1, 0.15) is 0 Å². The van der Waals surface area contributed by atoms with Gasteiger partial charge in [0.2, 0.25) is 11.9 Å². The van der Waals surface area contributed by atoms with Crippen molar-refractivity contribution in [3.8, 4) is 0 Å². The summed E-state index contributed by atoms with van der Waals surface area (Å²) < 4.78 is 0. The van der Waals surface area contributed by atoms with Gasteiger partial charge in [0, 0.05) is 5.92 Å². The van der Waals surface area contributed by atoms with E-state index in [1.54, 1.807) is 0 Å². The molecule has 0 bridgehead atoms. The Morgan fingerprint density at radius 2 is 1.95 bits per heavy atom. The van der Waals surface area contributed by atoms with Gasteiger partial charge in [0.05, 0.1) is 11.4 Å². The maximum absolute atomic E-state index is 11.9. The molecule has 1 heterocycles. The molecule has 0 aliphatic carbocycles. The largest absolute Gasteiger partial charge is 0.330 e. The van der Waals surface area contributed by atoms with Crippen LogP contribution in [0.4, 0.5) is 5.95 Å². The zero-order valence-electron chi connectivity index (χ0n) is 11.9. The third kappa shape index (κ3) is 4.55. The summed E-state index contributed by atoms with van der Waals surface area (Å²) in [6.45, 7) is 6.50. The lowest BCUT2D eigenvalue weighted by molar-refractivity contribution is -0.119. The number of hydrogen-bond donors (Lipinski definition) is 2. The molecule has 1 aromatic heterocycles. The van der Waals surface area contributed by atoms with Crippen LogP contribution in [0, 0.1) is 5.92 Å². The number of carbonyl (C=O) groups is 1. The number of aryl methyl sites for hydroxylation is 2. The van der Waals surface area contributed by atoms with Crippen LogP contribution in [0.3, 0.4) is 0 Å². The van der Waals surface area contributed by atoms with Crippen molar-refractivity contribution < 1.29 is 4.79 Å². The van der Waals surface area contributed by atoms with Crippen LogP contribution in [-0.2, 0) is 17.6 Å². The molecule has 1 atom stereocenters. The van der Waals surface area contributed by atoms with E-state index in [4.69, 9.17) is 5.73 Å². The van der Waals surface area contributed by atoms with Crippen molar-refractivity contribution in [3.05, 3.63) is 11.4 Å². The van der Waals surface area contributed by atoms with Crippen LogP contribution in [0.2, 0.25) is 0 Å². The second kappa shape index (κ2) is 7.78. The van der Waals surface area contributed by atoms with Gasteiger partial charge in [-0.25, -0.2) is 4.98 Å². The summed E-state index contributed by atoms with van der Waals surface area (Å²) >= 11 is 0. The molecule has 1 unspecified atom stereocenters. The first-order valence-electron chi connectivity index (χ1n) is 6.85. The van der Waals surface area contributed by atoms with E-state index in [2.05, 4.69) is 20.5 Å². The SMILES string of the molecule is CCc1nnc(NC(=O)C(C)CCCN)nc1CC. The minimum absolute atomic E-state index is 0.0819. The monoisotopic (exact) mass is 265 g/mol. The first-order valence-corrected chi connectivity index (χ1v) is 6.85. The Kier molecular flexibility index (Phi) is 6.35. The molecule has 6 heteroatoms. The van der Waals surface area contributed by atoms with E-state index in [0.29, 0.717) is 12.5 Å². The summed E-state index contributed by atoms with van der Waals surface area (Å²) in [4.78, 5) is 16.2. The van der Waals surface area contributed by atoms with E-state index in [-0.39, 0.29) is 11.8 Å². The number of aromatic nitrogens is 3. The van der Waals surface area contributed by atoms with Crippen LogP contribution < -0.4 is 11.1 Å². The Morgan fingerprint density at radius 3 is 2.53 bits per heavy atom. The predicted molar refractivity (Wildman–Crippen MR) is 74.7 cm³/mol. The van der Waals surface area contributed by atoms with Crippen LogP contribution in [0.1, 0.15) is 45.0 Å². The Balaban J connectivity index is 2.69. The van der Waals surface area contributed by atoms with Gasteiger partial charge in [-0.2, -0.15) is 0 Å². The Hall–Kier alpha value is -1.56. The summed E-state index contributed by atoms with van der Waals surface area (Å²) in [6, 6.07) is 0. The number of amides is 1. The second-order valence-corrected chi connectivity index (χ2v) is 4.56. The molecule has 0 aromatic carbocycles. The number of nitrogens with two attached hydrogens (primary N) is 1. The fourth-order valence-electron chi connectivity index (χ4n) is 1.78. The molecule has 1 rings (SSSR count). The van der Waals surface area contributed by atoms with Crippen LogP contribution in [-0.4, -0.2) is 27.6 Å². The van der Waals surface area contributed by atoms with Gasteiger partial charge >= 0.3 is 0 Å². The normalized spacial score (nSPS) is 12.2. The molecular weight excluding hydrogens is 242 g/mol. The molecule has 0 aliphatic rings. The smallest absolute Gasteiger partial charge is 0.249 e. The van der Waals surface area contributed by atoms with Crippen molar-refractivity contribution in [3.63, 3.8) is 0 Å². The molecule has 0 saturated carbocycles. The number of nitrogens with zero attached hydrogens (tertiary/aromatic N) is 3. The summed E-state index contributed by atoms with van der Waals surface area (Å²) in [5.41, 5.74) is 7.21. The molecule has 0 fully saturated rings. The minimum Gasteiger partial charge on any atom is -0.330 e. The lowest BCUT2D eigenvalue weighted by atomic mass is 10.1. The molecule has 19 heavy (non-hydrogen) atoms. The van der Waals surface area contributed by atoms with E-state index in [1.807, 2.05) is 20.8 Å². The average Bonchev–Trinajstić information content (AvgIpc) is 2.44. The first kappa shape index (κ1) is 15.5. The lowest BCUT2D eigenvalue weighted by Gasteiger charge is -2.11. The Morgan fingerprint density at radius 1 is 1.26 bits per heavy atom. The van der Waals surface area contributed by atoms with Gasteiger partial charge in [-0.3, -0.25) is 10.1 Å². The molecular formula is C13H23N5O. The topological polar surface area (TPSA) is 93.8 Å². The van der Waals surface area contributed by atoms with Crippen molar-refractivity contribution in [2.24, 2.45) is 11.7 Å². The predicted octanol–water partition coefficient (Wildman–Crippen LogP) is 1.31. The lowest BCUT2D eigenvalue weighted by Crippen LogP contribution is -2.23. The fraction of sp³-hybridized carbons (Fsp3) is 0.692. The second-order valence-electron chi connectivity index (χ2n) is 4.56. The number of carbonyl (C=O) groups excluding carboxylic acids is 1. The standard InChI is InChI=1S/C13H23N5O/c1-4-10-11(5-2)17-18-13(15-10)16-12(19)9(3)7-6-8-14/h9H,4-8,14H2,1-3H3,(H,15,16,18,19). The highest BCUT2D eigenvalue weighted by atomic mass is 16.2. The molecule has 0 spiro atoms. The number of rotatable bonds is 7. The zero-order valence-corrected chi connectivity index (χ0v) is 11.9. The highest BCUT2D eigenvalue weighted by Gasteiger charge is 2.14. The molecule has 3 N–H and O–H groups in total. The number of anilines is 1. The number of hydrogen-bond acceptors (Lipinski definition) is 5. The van der Waals surface area contributed by atoms with Gasteiger partial charge in [-0.15, -0.1) is 10.2 Å². The van der Waals surface area contributed by atoms with Gasteiger partial charge < -0.3 is 5.73 Å². The average molecular weight is 265 g/mol. The van der Waals surface area contributed by atoms with Crippen LogP contribution in [0.5, 0.6) is 0 Å². The van der Waals surface area contributed by atoms with Gasteiger partial charge in [-0.05, 0) is 32.2 Å². The minimum atomic E-state index is -0.0944. The summed E-state index contributed by atoms with van der Waals surface area (Å²) in [7, 11) is 0. The van der Waals surface area contributed by atoms with E-state index in [1.165, 1.54) is 0 Å². The van der Waals surface area contributed by atoms with Gasteiger partial charge in [0.25, 0.3) is 0 Å². The third-order valence-corrected chi connectivity index (χ3v) is 3.03. The van der Waals surface area contributed by atoms with Crippen LogP contribution in [0.25, 0.3) is 0 Å². The van der Waals surface area contributed by atoms with E-state index in [0.717, 1.165) is 37.1 Å². The maximum Gasteiger partial charge on any atom is 0.249 e. The summed E-state index contributed by atoms with van der Waals surface area (Å²) in [6.07, 6.45) is 3.18. The maximum atomic E-state index is 11.9. The van der Waals surface area contributed by atoms with Crippen molar-refractivity contribution in [2.45, 2.75) is 46.5 Å². The van der Waals surface area contributed by atoms with E-state index in [9.17, 15) is 4.79 Å². The Bertz CT molecular complexity index is 421. The third-order valence-electron chi connectivity index (χ3n) is 3.03. The molecule has 0 saturated heterocycles. The van der Waals surface area contributed by atoms with Crippen molar-refractivity contribution in [2.75, 3.05) is 11.9 Å². The van der Waals surface area contributed by atoms with E-state index < -0.39 is 0 Å². The Labute approximate surface area is 114 Å². The van der Waals surface area contributed by atoms with Gasteiger partial charge in [-0.1, -0.05) is 20.8 Å². The molecule has 0 aliphatic heterocycles. The van der Waals surface area contributed by atoms with Crippen molar-refractivity contribution in [1.29, 1.82) is 0 Å². The quantitative estimate of drug-likeness (QED) is 0.775. The molecule has 1 amide bonds. The molecule has 106 valence electrons. The van der Waals surface area contributed by atoms with Crippen LogP contribution >= 0.6 is 0 Å². The van der Waals surface area contributed by atoms with Crippen molar-refractivity contribution >= 4 is 11.9 Å². The first-order chi connectivity index (χ1) is 9.12. The highest BCUT2D eigenvalue weighted by molar-refractivity contribution is 5.90. The molecule has 0 radical (unpaired) electrons. The molecule has 1 aromatic rings. The van der Waals surface area contributed by atoms with Crippen LogP contribution in [0.15, 0.2) is 0 Å². The van der Waals surface area contributed by atoms with Crippen molar-refractivity contribution in [1.82, 2.24) is 15.2 Å². The zero-order chi connectivity index (χ0) is 14.3. The highest BCUT2D eigenvalue weighted by Crippen LogP contribution is 2.10. The molecule has 6 nitrogen and oxygen atoms in total. The summed E-state index contributed by atoms with van der Waals surface area (Å²) in [5, 5.41) is 10.8. The summed E-state index contributed by atoms with van der Waals surface area (Å²) in [5.74, 6) is 0.114.